The first-order valence-corrected chi connectivity index (χ1v) is 10.1. The van der Waals surface area contributed by atoms with Gasteiger partial charge in [0.1, 0.15) is 5.75 Å². The summed E-state index contributed by atoms with van der Waals surface area (Å²) < 4.78 is 0. The van der Waals surface area contributed by atoms with E-state index in [4.69, 9.17) is 0 Å². The molecule has 2 N–H and O–H groups in total. The van der Waals surface area contributed by atoms with E-state index in [-0.39, 0.29) is 34.0 Å². The molecule has 0 aromatic heterocycles. The van der Waals surface area contributed by atoms with Gasteiger partial charge >= 0.3 is 0 Å². The summed E-state index contributed by atoms with van der Waals surface area (Å²) in [6, 6.07) is 10.9. The third-order valence-electron chi connectivity index (χ3n) is 6.26. The maximum Gasteiger partial charge on any atom is 0.270 e. The zero-order chi connectivity index (χ0) is 22.1. The quantitative estimate of drug-likeness (QED) is 0.560. The number of phenolic OH excluding ortho intramolecular Hbond substituents is 1. The first kappa shape index (κ1) is 19.2. The van der Waals surface area contributed by atoms with Crippen LogP contribution < -0.4 is 5.32 Å². The second-order valence-electron chi connectivity index (χ2n) is 9.05. The summed E-state index contributed by atoms with van der Waals surface area (Å²) in [5.41, 5.74) is 3.06. The van der Waals surface area contributed by atoms with Crippen molar-refractivity contribution in [3.63, 3.8) is 0 Å². The SMILES string of the molecule is CC1(C)CC(=O)C2=C(C1)NC1=C(C(=O)c3ccccc31)[C@H]2c1cc([N+](=O)[O-])ccc1O. The number of aromatic hydroxyl groups is 1. The van der Waals surface area contributed by atoms with Gasteiger partial charge in [0.2, 0.25) is 0 Å². The molecule has 5 rings (SSSR count). The molecule has 3 aliphatic rings. The van der Waals surface area contributed by atoms with Crippen LogP contribution in [-0.2, 0) is 4.79 Å². The lowest BCUT2D eigenvalue weighted by Gasteiger charge is -2.39. The minimum atomic E-state index is -0.866. The van der Waals surface area contributed by atoms with Crippen LogP contribution in [0.15, 0.2) is 59.3 Å². The molecule has 1 heterocycles. The molecule has 0 saturated carbocycles. The van der Waals surface area contributed by atoms with Gasteiger partial charge in [-0.25, -0.2) is 0 Å². The highest BCUT2D eigenvalue weighted by molar-refractivity contribution is 6.23. The molecule has 1 atom stereocenters. The summed E-state index contributed by atoms with van der Waals surface area (Å²) in [5.74, 6) is -1.41. The molecular formula is C24H20N2O5. The predicted octanol–water partition coefficient (Wildman–Crippen LogP) is 4.24. The summed E-state index contributed by atoms with van der Waals surface area (Å²) in [6.45, 7) is 4.02. The van der Waals surface area contributed by atoms with Crippen molar-refractivity contribution < 1.29 is 19.6 Å². The summed E-state index contributed by atoms with van der Waals surface area (Å²) in [5, 5.41) is 25.4. The molecule has 0 unspecified atom stereocenters. The lowest BCUT2D eigenvalue weighted by Crippen LogP contribution is -2.37. The van der Waals surface area contributed by atoms with Gasteiger partial charge in [0.25, 0.3) is 5.69 Å². The van der Waals surface area contributed by atoms with E-state index in [1.54, 1.807) is 12.1 Å². The third-order valence-corrected chi connectivity index (χ3v) is 6.26. The minimum Gasteiger partial charge on any atom is -0.508 e. The molecule has 31 heavy (non-hydrogen) atoms. The zero-order valence-electron chi connectivity index (χ0n) is 17.1. The molecule has 7 heteroatoms. The molecule has 156 valence electrons. The molecule has 2 aromatic rings. The van der Waals surface area contributed by atoms with Crippen molar-refractivity contribution >= 4 is 23.0 Å². The Hall–Kier alpha value is -3.74. The highest BCUT2D eigenvalue weighted by Gasteiger charge is 2.47. The standard InChI is InChI=1S/C24H20N2O5/c1-24(2)10-16-20(18(28)11-24)19(15-9-12(26(30)31)7-8-17(15)27)21-22(25-16)13-5-3-4-6-14(13)23(21)29/h3-9,19,25,27H,10-11H2,1-2H3/t19-/m0/s1. The van der Waals surface area contributed by atoms with E-state index < -0.39 is 10.8 Å². The summed E-state index contributed by atoms with van der Waals surface area (Å²) >= 11 is 0. The van der Waals surface area contributed by atoms with E-state index in [2.05, 4.69) is 5.32 Å². The van der Waals surface area contributed by atoms with E-state index in [0.717, 1.165) is 5.56 Å². The van der Waals surface area contributed by atoms with Crippen molar-refractivity contribution in [2.24, 2.45) is 5.41 Å². The number of allylic oxidation sites excluding steroid dienone is 3. The average molecular weight is 416 g/mol. The highest BCUT2D eigenvalue weighted by atomic mass is 16.6. The Balaban J connectivity index is 1.79. The lowest BCUT2D eigenvalue weighted by molar-refractivity contribution is -0.384. The Morgan fingerprint density at radius 2 is 1.77 bits per heavy atom. The van der Waals surface area contributed by atoms with Gasteiger partial charge in [-0.15, -0.1) is 0 Å². The number of nitrogens with one attached hydrogen (secondary N) is 1. The lowest BCUT2D eigenvalue weighted by atomic mass is 9.68. The number of nitrogens with zero attached hydrogens (tertiary/aromatic N) is 1. The molecule has 0 bridgehead atoms. The van der Waals surface area contributed by atoms with Gasteiger partial charge < -0.3 is 10.4 Å². The van der Waals surface area contributed by atoms with Crippen molar-refractivity contribution in [1.29, 1.82) is 0 Å². The number of benzene rings is 2. The van der Waals surface area contributed by atoms with Gasteiger partial charge in [-0.3, -0.25) is 19.7 Å². The number of ketones is 2. The minimum absolute atomic E-state index is 0.120. The van der Waals surface area contributed by atoms with Gasteiger partial charge in [0.05, 0.1) is 10.6 Å². The molecule has 0 amide bonds. The van der Waals surface area contributed by atoms with Crippen LogP contribution in [0, 0.1) is 15.5 Å². The Kier molecular flexibility index (Phi) is 3.96. The number of nitro benzene ring substituents is 1. The summed E-state index contributed by atoms with van der Waals surface area (Å²) in [7, 11) is 0. The van der Waals surface area contributed by atoms with Gasteiger partial charge in [0.15, 0.2) is 11.6 Å². The number of hydrogen-bond acceptors (Lipinski definition) is 6. The van der Waals surface area contributed by atoms with Crippen molar-refractivity contribution in [1.82, 2.24) is 5.32 Å². The van der Waals surface area contributed by atoms with Crippen LogP contribution >= 0.6 is 0 Å². The number of hydrogen-bond donors (Lipinski definition) is 2. The number of nitro groups is 1. The fourth-order valence-corrected chi connectivity index (χ4v) is 4.99. The highest BCUT2D eigenvalue weighted by Crippen LogP contribution is 2.52. The second kappa shape index (κ2) is 6.38. The van der Waals surface area contributed by atoms with Gasteiger partial charge in [-0.05, 0) is 17.9 Å². The van der Waals surface area contributed by atoms with Gasteiger partial charge in [0, 0.05) is 58.0 Å². The molecular weight excluding hydrogens is 396 g/mol. The zero-order valence-corrected chi connectivity index (χ0v) is 17.1. The van der Waals surface area contributed by atoms with Gasteiger partial charge in [-0.2, -0.15) is 0 Å². The topological polar surface area (TPSA) is 110 Å². The average Bonchev–Trinajstić information content (AvgIpc) is 2.98. The van der Waals surface area contributed by atoms with E-state index in [1.165, 1.54) is 18.2 Å². The van der Waals surface area contributed by atoms with Crippen LogP contribution in [0.1, 0.15) is 54.1 Å². The number of phenols is 1. The maximum atomic E-state index is 13.4. The van der Waals surface area contributed by atoms with Crippen molar-refractivity contribution in [2.75, 3.05) is 0 Å². The molecule has 2 aromatic carbocycles. The molecule has 0 radical (unpaired) electrons. The van der Waals surface area contributed by atoms with Crippen LogP contribution in [0.25, 0.3) is 5.70 Å². The molecule has 0 fully saturated rings. The van der Waals surface area contributed by atoms with Crippen LogP contribution in [0.3, 0.4) is 0 Å². The number of carbonyl (C=O) groups excluding carboxylic acids is 2. The van der Waals surface area contributed by atoms with E-state index in [9.17, 15) is 24.8 Å². The molecule has 0 saturated heterocycles. The smallest absolute Gasteiger partial charge is 0.270 e. The number of carbonyl (C=O) groups is 2. The second-order valence-corrected chi connectivity index (χ2v) is 9.05. The van der Waals surface area contributed by atoms with Crippen LogP contribution in [0.2, 0.25) is 0 Å². The molecule has 1 aliphatic heterocycles. The van der Waals surface area contributed by atoms with Gasteiger partial charge in [-0.1, -0.05) is 38.1 Å². The number of non-ortho nitro benzene ring substituents is 1. The number of dihydropyridines is 1. The van der Waals surface area contributed by atoms with Crippen molar-refractivity contribution in [3.05, 3.63) is 86.1 Å². The first-order chi connectivity index (χ1) is 14.7. The van der Waals surface area contributed by atoms with Crippen LogP contribution in [0.4, 0.5) is 5.69 Å². The third kappa shape index (κ3) is 2.80. The van der Waals surface area contributed by atoms with Crippen LogP contribution in [-0.4, -0.2) is 21.6 Å². The van der Waals surface area contributed by atoms with Crippen molar-refractivity contribution in [3.8, 4) is 5.75 Å². The van der Waals surface area contributed by atoms with E-state index in [0.29, 0.717) is 40.9 Å². The summed E-state index contributed by atoms with van der Waals surface area (Å²) in [4.78, 5) is 37.5. The van der Waals surface area contributed by atoms with E-state index in [1.807, 2.05) is 26.0 Å². The number of Topliss-reactive ketones (excluding diaryl/α,β-unsaturated/α-hetero) is 2. The molecule has 7 nitrogen and oxygen atoms in total. The molecule has 2 aliphatic carbocycles. The predicted molar refractivity (Wildman–Crippen MR) is 113 cm³/mol. The Morgan fingerprint density at radius 1 is 1.06 bits per heavy atom. The largest absolute Gasteiger partial charge is 0.508 e. The number of rotatable bonds is 2. The fourth-order valence-electron chi connectivity index (χ4n) is 4.99. The fraction of sp³-hybridized carbons (Fsp3) is 0.250. The van der Waals surface area contributed by atoms with Crippen molar-refractivity contribution in [2.45, 2.75) is 32.6 Å². The normalized spacial score (nSPS) is 21.4. The Labute approximate surface area is 178 Å². The maximum absolute atomic E-state index is 13.4. The number of fused-ring (bicyclic) bond motifs is 2. The Morgan fingerprint density at radius 3 is 2.48 bits per heavy atom. The first-order valence-electron chi connectivity index (χ1n) is 10.1. The summed E-state index contributed by atoms with van der Waals surface area (Å²) in [6.07, 6.45) is 0.886. The van der Waals surface area contributed by atoms with E-state index >= 15 is 0 Å². The monoisotopic (exact) mass is 416 g/mol. The Bertz CT molecular complexity index is 1270. The van der Waals surface area contributed by atoms with Crippen LogP contribution in [0.5, 0.6) is 5.75 Å². The molecule has 0 spiro atoms.